The summed E-state index contributed by atoms with van der Waals surface area (Å²) in [5, 5.41) is 0.484. The maximum atomic E-state index is 5.68. The van der Waals surface area contributed by atoms with Crippen molar-refractivity contribution in [3.05, 3.63) is 48.2 Å². The van der Waals surface area contributed by atoms with Crippen molar-refractivity contribution in [3.63, 3.8) is 0 Å². The Kier molecular flexibility index (Phi) is 7.57. The molecule has 0 bridgehead atoms. The zero-order valence-electron chi connectivity index (χ0n) is 10.2. The first-order valence-corrected chi connectivity index (χ1v) is 5.80. The number of halogens is 1. The van der Waals surface area contributed by atoms with Crippen LogP contribution in [0.5, 0.6) is 0 Å². The molecule has 0 rings (SSSR count). The number of rotatable bonds is 7. The third-order valence-corrected chi connectivity index (χ3v) is 2.05. The van der Waals surface area contributed by atoms with Gasteiger partial charge in [-0.1, -0.05) is 44.7 Å². The van der Waals surface area contributed by atoms with Crippen molar-refractivity contribution in [2.45, 2.75) is 33.1 Å². The summed E-state index contributed by atoms with van der Waals surface area (Å²) in [5.41, 5.74) is 2.61. The van der Waals surface area contributed by atoms with Gasteiger partial charge in [0.1, 0.15) is 0 Å². The van der Waals surface area contributed by atoms with Crippen molar-refractivity contribution >= 4 is 17.3 Å². The summed E-state index contributed by atoms with van der Waals surface area (Å²) < 4.78 is 0. The van der Waals surface area contributed by atoms with Gasteiger partial charge in [0.05, 0.1) is 5.71 Å². The van der Waals surface area contributed by atoms with E-state index in [9.17, 15) is 0 Å². The van der Waals surface area contributed by atoms with Crippen LogP contribution < -0.4 is 0 Å². The fourth-order valence-corrected chi connectivity index (χ4v) is 1.19. The van der Waals surface area contributed by atoms with E-state index in [0.29, 0.717) is 5.03 Å². The number of nitrogens with zero attached hydrogens (tertiary/aromatic N) is 1. The molecule has 0 N–H and O–H groups in total. The minimum absolute atomic E-state index is 0.484. The molecule has 88 valence electrons. The first-order chi connectivity index (χ1) is 7.47. The molecule has 0 amide bonds. The molecule has 0 heterocycles. The van der Waals surface area contributed by atoms with Gasteiger partial charge >= 0.3 is 0 Å². The van der Waals surface area contributed by atoms with Crippen LogP contribution in [0.4, 0.5) is 0 Å². The molecule has 0 fully saturated rings. The number of hydrogen-bond acceptors (Lipinski definition) is 1. The van der Waals surface area contributed by atoms with Crippen molar-refractivity contribution in [1.29, 1.82) is 0 Å². The molecule has 0 saturated heterocycles. The number of aliphatic imine (C=N–C) groups is 1. The highest BCUT2D eigenvalue weighted by molar-refractivity contribution is 6.31. The minimum atomic E-state index is 0.484. The maximum absolute atomic E-state index is 5.68. The Morgan fingerprint density at radius 3 is 2.31 bits per heavy atom. The van der Waals surface area contributed by atoms with Crippen LogP contribution in [0.1, 0.15) is 33.1 Å². The summed E-state index contributed by atoms with van der Waals surface area (Å²) in [5.74, 6) is 0. The van der Waals surface area contributed by atoms with Crippen LogP contribution in [-0.2, 0) is 0 Å². The molecule has 0 aromatic heterocycles. The van der Waals surface area contributed by atoms with Gasteiger partial charge in [-0.25, -0.2) is 0 Å². The highest BCUT2D eigenvalue weighted by Crippen LogP contribution is 2.11. The van der Waals surface area contributed by atoms with Gasteiger partial charge in [0.2, 0.25) is 0 Å². The van der Waals surface area contributed by atoms with Gasteiger partial charge < -0.3 is 0 Å². The predicted octanol–water partition coefficient (Wildman–Crippen LogP) is 5.02. The summed E-state index contributed by atoms with van der Waals surface area (Å²) in [6, 6.07) is 0. The first-order valence-electron chi connectivity index (χ1n) is 5.42. The quantitative estimate of drug-likeness (QED) is 0.436. The molecule has 0 aromatic rings. The first kappa shape index (κ1) is 14.9. The van der Waals surface area contributed by atoms with E-state index in [1.807, 2.05) is 13.0 Å². The molecule has 1 nitrogen and oxygen atoms in total. The van der Waals surface area contributed by atoms with E-state index in [4.69, 9.17) is 11.6 Å². The average molecular weight is 238 g/mol. The van der Waals surface area contributed by atoms with Crippen LogP contribution in [0.15, 0.2) is 53.2 Å². The summed E-state index contributed by atoms with van der Waals surface area (Å²) in [6.07, 6.45) is 6.76. The summed E-state index contributed by atoms with van der Waals surface area (Å²) in [7, 11) is 0. The van der Waals surface area contributed by atoms with Crippen molar-refractivity contribution in [3.8, 4) is 0 Å². The highest BCUT2D eigenvalue weighted by Gasteiger charge is 2.01. The normalized spacial score (nSPS) is 11.8. The minimum Gasteiger partial charge on any atom is -0.254 e. The van der Waals surface area contributed by atoms with Crippen molar-refractivity contribution in [2.75, 3.05) is 0 Å². The molecule has 0 atom stereocenters. The molecular formula is C14H20ClN. The van der Waals surface area contributed by atoms with E-state index in [1.165, 1.54) is 0 Å². The zero-order chi connectivity index (χ0) is 12.6. The molecule has 0 saturated carbocycles. The molecule has 16 heavy (non-hydrogen) atoms. The molecule has 0 spiro atoms. The number of unbranched alkanes of at least 4 members (excludes halogenated alkanes) is 1. The van der Waals surface area contributed by atoms with Crippen LogP contribution in [0.3, 0.4) is 0 Å². The lowest BCUT2D eigenvalue weighted by atomic mass is 10.1. The Labute approximate surface area is 104 Å². The summed E-state index contributed by atoms with van der Waals surface area (Å²) in [6.45, 7) is 15.4. The van der Waals surface area contributed by atoms with E-state index < -0.39 is 0 Å². The number of allylic oxidation sites excluding steroid dienone is 5. The lowest BCUT2D eigenvalue weighted by Gasteiger charge is -2.05. The Bertz CT molecular complexity index is 335. The SMILES string of the molecule is C=C(Cl)C=CC(=NC(=C)C)C(=C)CCCC. The maximum Gasteiger partial charge on any atom is 0.0659 e. The smallest absolute Gasteiger partial charge is 0.0659 e. The van der Waals surface area contributed by atoms with Crippen LogP contribution in [-0.4, -0.2) is 5.71 Å². The van der Waals surface area contributed by atoms with Crippen LogP contribution in [0.2, 0.25) is 0 Å². The van der Waals surface area contributed by atoms with Gasteiger partial charge in [-0.3, -0.25) is 4.99 Å². The van der Waals surface area contributed by atoms with E-state index in [2.05, 4.69) is 31.7 Å². The Morgan fingerprint density at radius 2 is 1.88 bits per heavy atom. The highest BCUT2D eigenvalue weighted by atomic mass is 35.5. The fourth-order valence-electron chi connectivity index (χ4n) is 1.13. The molecule has 2 heteroatoms. The zero-order valence-corrected chi connectivity index (χ0v) is 11.0. The van der Waals surface area contributed by atoms with Crippen molar-refractivity contribution < 1.29 is 0 Å². The van der Waals surface area contributed by atoms with Gasteiger partial charge in [0, 0.05) is 10.7 Å². The van der Waals surface area contributed by atoms with Gasteiger partial charge in [-0.15, -0.1) is 0 Å². The third kappa shape index (κ3) is 7.24. The van der Waals surface area contributed by atoms with E-state index >= 15 is 0 Å². The second-order valence-corrected chi connectivity index (χ2v) is 4.21. The predicted molar refractivity (Wildman–Crippen MR) is 75.0 cm³/mol. The van der Waals surface area contributed by atoms with Gasteiger partial charge in [0.25, 0.3) is 0 Å². The molecule has 0 aliphatic rings. The fraction of sp³-hybridized carbons (Fsp3) is 0.357. The molecule has 0 aromatic carbocycles. The van der Waals surface area contributed by atoms with Crippen LogP contribution >= 0.6 is 11.6 Å². The van der Waals surface area contributed by atoms with Crippen LogP contribution in [0, 0.1) is 0 Å². The second-order valence-electron chi connectivity index (χ2n) is 3.72. The second kappa shape index (κ2) is 8.12. The topological polar surface area (TPSA) is 12.4 Å². The summed E-state index contributed by atoms with van der Waals surface area (Å²) in [4.78, 5) is 4.34. The molecule has 0 unspecified atom stereocenters. The van der Waals surface area contributed by atoms with Gasteiger partial charge in [-0.2, -0.15) is 0 Å². The lowest BCUT2D eigenvalue weighted by molar-refractivity contribution is 0.804. The molecule has 0 radical (unpaired) electrons. The van der Waals surface area contributed by atoms with Crippen molar-refractivity contribution in [2.24, 2.45) is 4.99 Å². The Hall–Kier alpha value is -1.08. The van der Waals surface area contributed by atoms with Crippen molar-refractivity contribution in [1.82, 2.24) is 0 Å². The number of hydrogen-bond donors (Lipinski definition) is 0. The van der Waals surface area contributed by atoms with Gasteiger partial charge in [0.15, 0.2) is 0 Å². The summed E-state index contributed by atoms with van der Waals surface area (Å²) >= 11 is 5.68. The molecule has 0 aliphatic carbocycles. The van der Waals surface area contributed by atoms with E-state index in [1.54, 1.807) is 6.08 Å². The van der Waals surface area contributed by atoms with Gasteiger partial charge in [-0.05, 0) is 37.5 Å². The molecular weight excluding hydrogens is 218 g/mol. The Balaban J connectivity index is 4.74. The Morgan fingerprint density at radius 1 is 1.25 bits per heavy atom. The third-order valence-electron chi connectivity index (χ3n) is 1.93. The standard InChI is InChI=1S/C14H20ClN/c1-6-7-8-12(4)14(16-11(2)3)10-9-13(5)15/h9-10H,2,4-8H2,1,3H3. The lowest BCUT2D eigenvalue weighted by Crippen LogP contribution is -1.98. The average Bonchev–Trinajstić information content (AvgIpc) is 2.19. The monoisotopic (exact) mass is 237 g/mol. The van der Waals surface area contributed by atoms with E-state index in [-0.39, 0.29) is 0 Å². The largest absolute Gasteiger partial charge is 0.254 e. The van der Waals surface area contributed by atoms with E-state index in [0.717, 1.165) is 36.2 Å². The van der Waals surface area contributed by atoms with Crippen LogP contribution in [0.25, 0.3) is 0 Å². The molecule has 0 aliphatic heterocycles.